The van der Waals surface area contributed by atoms with E-state index >= 15 is 0 Å². The second kappa shape index (κ2) is 5.01. The first-order valence-electron chi connectivity index (χ1n) is 3.40. The minimum absolute atomic E-state index is 0.0388. The van der Waals surface area contributed by atoms with Crippen molar-refractivity contribution in [1.29, 1.82) is 0 Å². The zero-order chi connectivity index (χ0) is 7.98. The SMILES string of the molecule is CC#CCC(=O)C(N)CC. The first kappa shape index (κ1) is 9.19. The molecule has 2 N–H and O–H groups in total. The maximum absolute atomic E-state index is 10.9. The van der Waals surface area contributed by atoms with E-state index in [1.807, 2.05) is 6.92 Å². The zero-order valence-corrected chi connectivity index (χ0v) is 6.48. The highest BCUT2D eigenvalue weighted by atomic mass is 16.1. The van der Waals surface area contributed by atoms with Crippen molar-refractivity contribution in [2.45, 2.75) is 32.7 Å². The van der Waals surface area contributed by atoms with Gasteiger partial charge in [-0.3, -0.25) is 4.79 Å². The molecule has 0 aromatic rings. The van der Waals surface area contributed by atoms with Crippen LogP contribution in [0.5, 0.6) is 0 Å². The van der Waals surface area contributed by atoms with Crippen molar-refractivity contribution < 1.29 is 4.79 Å². The van der Waals surface area contributed by atoms with Crippen molar-refractivity contribution in [2.75, 3.05) is 0 Å². The van der Waals surface area contributed by atoms with Crippen molar-refractivity contribution in [2.24, 2.45) is 5.73 Å². The lowest BCUT2D eigenvalue weighted by molar-refractivity contribution is -0.119. The van der Waals surface area contributed by atoms with Crippen LogP contribution in [0, 0.1) is 11.8 Å². The largest absolute Gasteiger partial charge is 0.321 e. The molecule has 0 aliphatic carbocycles. The molecule has 2 nitrogen and oxygen atoms in total. The third-order valence-corrected chi connectivity index (χ3v) is 1.29. The van der Waals surface area contributed by atoms with Crippen LogP contribution in [-0.4, -0.2) is 11.8 Å². The Hall–Kier alpha value is -0.810. The number of nitrogens with two attached hydrogens (primary N) is 1. The Kier molecular flexibility index (Phi) is 4.61. The van der Waals surface area contributed by atoms with Crippen molar-refractivity contribution in [1.82, 2.24) is 0 Å². The van der Waals surface area contributed by atoms with E-state index in [-0.39, 0.29) is 11.8 Å². The Bertz CT molecular complexity index is 164. The molecule has 0 amide bonds. The molecule has 56 valence electrons. The molecule has 0 radical (unpaired) electrons. The van der Waals surface area contributed by atoms with Crippen LogP contribution in [0.25, 0.3) is 0 Å². The highest BCUT2D eigenvalue weighted by Gasteiger charge is 2.07. The molecule has 0 saturated heterocycles. The Morgan fingerprint density at radius 3 is 2.70 bits per heavy atom. The number of Topliss-reactive ketones (excluding diaryl/α,β-unsaturated/α-hetero) is 1. The van der Waals surface area contributed by atoms with Crippen LogP contribution < -0.4 is 5.73 Å². The van der Waals surface area contributed by atoms with Gasteiger partial charge in [0, 0.05) is 0 Å². The standard InChI is InChI=1S/C8H13NO/c1-3-5-6-8(10)7(9)4-2/h7H,4,6,9H2,1-2H3. The lowest BCUT2D eigenvalue weighted by atomic mass is 10.1. The van der Waals surface area contributed by atoms with E-state index in [0.29, 0.717) is 12.8 Å². The predicted molar refractivity (Wildman–Crippen MR) is 41.3 cm³/mol. The van der Waals surface area contributed by atoms with Gasteiger partial charge in [-0.25, -0.2) is 0 Å². The van der Waals surface area contributed by atoms with Gasteiger partial charge in [-0.2, -0.15) is 0 Å². The lowest BCUT2D eigenvalue weighted by Crippen LogP contribution is -2.28. The summed E-state index contributed by atoms with van der Waals surface area (Å²) < 4.78 is 0. The summed E-state index contributed by atoms with van der Waals surface area (Å²) in [5, 5.41) is 0. The van der Waals surface area contributed by atoms with Crippen LogP contribution in [0.3, 0.4) is 0 Å². The molecule has 0 spiro atoms. The number of hydrogen-bond donors (Lipinski definition) is 1. The van der Waals surface area contributed by atoms with Gasteiger partial charge in [0.2, 0.25) is 0 Å². The number of carbonyl (C=O) groups is 1. The summed E-state index contributed by atoms with van der Waals surface area (Å²) in [6, 6.07) is -0.319. The normalized spacial score (nSPS) is 11.5. The minimum Gasteiger partial charge on any atom is -0.321 e. The Morgan fingerprint density at radius 1 is 1.70 bits per heavy atom. The molecule has 0 aliphatic rings. The fraction of sp³-hybridized carbons (Fsp3) is 0.625. The molecule has 0 fully saturated rings. The Morgan fingerprint density at radius 2 is 2.30 bits per heavy atom. The number of rotatable bonds is 3. The molecule has 0 aliphatic heterocycles. The van der Waals surface area contributed by atoms with Crippen molar-refractivity contribution in [3.8, 4) is 11.8 Å². The monoisotopic (exact) mass is 139 g/mol. The quantitative estimate of drug-likeness (QED) is 0.585. The first-order chi connectivity index (χ1) is 4.72. The van der Waals surface area contributed by atoms with Gasteiger partial charge in [0.1, 0.15) is 0 Å². The number of carbonyl (C=O) groups excluding carboxylic acids is 1. The maximum Gasteiger partial charge on any atom is 0.161 e. The third-order valence-electron chi connectivity index (χ3n) is 1.29. The molecule has 0 aromatic heterocycles. The average molecular weight is 139 g/mol. The van der Waals surface area contributed by atoms with Crippen LogP contribution in [-0.2, 0) is 4.79 Å². The second-order valence-electron chi connectivity index (χ2n) is 2.08. The van der Waals surface area contributed by atoms with Gasteiger partial charge in [0.05, 0.1) is 12.5 Å². The molecule has 0 saturated carbocycles. The first-order valence-corrected chi connectivity index (χ1v) is 3.40. The van der Waals surface area contributed by atoms with Crippen LogP contribution in [0.4, 0.5) is 0 Å². The summed E-state index contributed by atoms with van der Waals surface area (Å²) >= 11 is 0. The van der Waals surface area contributed by atoms with E-state index in [9.17, 15) is 4.79 Å². The second-order valence-corrected chi connectivity index (χ2v) is 2.08. The molecule has 0 aromatic carbocycles. The van der Waals surface area contributed by atoms with Gasteiger partial charge >= 0.3 is 0 Å². The van der Waals surface area contributed by atoms with Crippen LogP contribution in [0.2, 0.25) is 0 Å². The third kappa shape index (κ3) is 3.26. The fourth-order valence-corrected chi connectivity index (χ4v) is 0.534. The topological polar surface area (TPSA) is 43.1 Å². The summed E-state index contributed by atoms with van der Waals surface area (Å²) in [6.07, 6.45) is 0.996. The van der Waals surface area contributed by atoms with Crippen LogP contribution in [0.15, 0.2) is 0 Å². The summed E-state index contributed by atoms with van der Waals surface area (Å²) in [4.78, 5) is 10.9. The highest BCUT2D eigenvalue weighted by Crippen LogP contribution is 1.91. The van der Waals surface area contributed by atoms with E-state index < -0.39 is 0 Å². The Balaban J connectivity index is 3.69. The van der Waals surface area contributed by atoms with E-state index in [2.05, 4.69) is 11.8 Å². The van der Waals surface area contributed by atoms with Gasteiger partial charge in [-0.05, 0) is 13.3 Å². The van der Waals surface area contributed by atoms with Crippen molar-refractivity contribution in [3.05, 3.63) is 0 Å². The smallest absolute Gasteiger partial charge is 0.161 e. The van der Waals surface area contributed by atoms with E-state index in [1.165, 1.54) is 0 Å². The molecule has 0 bridgehead atoms. The molecule has 1 unspecified atom stereocenters. The van der Waals surface area contributed by atoms with Gasteiger partial charge < -0.3 is 5.73 Å². The summed E-state index contributed by atoms with van der Waals surface area (Å²) in [5.41, 5.74) is 5.44. The number of ketones is 1. The Labute approximate surface area is 61.8 Å². The van der Waals surface area contributed by atoms with E-state index in [0.717, 1.165) is 0 Å². The summed E-state index contributed by atoms with van der Waals surface area (Å²) in [6.45, 7) is 3.60. The number of hydrogen-bond acceptors (Lipinski definition) is 2. The molecule has 1 atom stereocenters. The van der Waals surface area contributed by atoms with Crippen molar-refractivity contribution in [3.63, 3.8) is 0 Å². The molecule has 2 heteroatoms. The van der Waals surface area contributed by atoms with Gasteiger partial charge in [-0.15, -0.1) is 5.92 Å². The maximum atomic E-state index is 10.9. The van der Waals surface area contributed by atoms with E-state index in [4.69, 9.17) is 5.73 Å². The average Bonchev–Trinajstić information content (AvgIpc) is 1.98. The zero-order valence-electron chi connectivity index (χ0n) is 6.48. The molecule has 0 heterocycles. The summed E-state index contributed by atoms with van der Waals surface area (Å²) in [7, 11) is 0. The predicted octanol–water partition coefficient (Wildman–Crippen LogP) is 0.706. The van der Waals surface area contributed by atoms with Gasteiger partial charge in [0.15, 0.2) is 5.78 Å². The highest BCUT2D eigenvalue weighted by molar-refractivity contribution is 5.85. The molecule has 0 rings (SSSR count). The van der Waals surface area contributed by atoms with Gasteiger partial charge in [0.25, 0.3) is 0 Å². The molecule has 10 heavy (non-hydrogen) atoms. The lowest BCUT2D eigenvalue weighted by Gasteiger charge is -2.02. The van der Waals surface area contributed by atoms with E-state index in [1.54, 1.807) is 6.92 Å². The van der Waals surface area contributed by atoms with Crippen LogP contribution in [0.1, 0.15) is 26.7 Å². The molecular weight excluding hydrogens is 126 g/mol. The van der Waals surface area contributed by atoms with Crippen LogP contribution >= 0.6 is 0 Å². The summed E-state index contributed by atoms with van der Waals surface area (Å²) in [5.74, 6) is 5.37. The van der Waals surface area contributed by atoms with Crippen molar-refractivity contribution >= 4 is 5.78 Å². The van der Waals surface area contributed by atoms with Gasteiger partial charge in [-0.1, -0.05) is 12.8 Å². The fourth-order valence-electron chi connectivity index (χ4n) is 0.534. The minimum atomic E-state index is -0.319. The molecular formula is C8H13NO.